The first-order valence-corrected chi connectivity index (χ1v) is 4.62. The van der Waals surface area contributed by atoms with Gasteiger partial charge in [-0.05, 0) is 6.07 Å². The lowest BCUT2D eigenvalue weighted by atomic mass is 10.3. The third-order valence-electron chi connectivity index (χ3n) is 1.54. The Hall–Kier alpha value is -1.71. The summed E-state index contributed by atoms with van der Waals surface area (Å²) in [6, 6.07) is 1.91. The molecule has 4 heteroatoms. The average Bonchev–Trinajstić information content (AvgIpc) is 2.69. The Morgan fingerprint density at radius 3 is 2.43 bits per heavy atom. The van der Waals surface area contributed by atoms with Gasteiger partial charge in [0.25, 0.3) is 0 Å². The van der Waals surface area contributed by atoms with Crippen LogP contribution in [0.15, 0.2) is 30.9 Å². The predicted molar refractivity (Wildman–Crippen MR) is 55.6 cm³/mol. The zero-order valence-corrected chi connectivity index (χ0v) is 8.68. The van der Waals surface area contributed by atoms with E-state index in [2.05, 4.69) is 15.1 Å². The van der Waals surface area contributed by atoms with Gasteiger partial charge < -0.3 is 0 Å². The summed E-state index contributed by atoms with van der Waals surface area (Å²) in [7, 11) is 1.87. The summed E-state index contributed by atoms with van der Waals surface area (Å²) in [6.07, 6.45) is 6.88. The van der Waals surface area contributed by atoms with E-state index in [0.717, 1.165) is 11.4 Å². The molecule has 0 fully saturated rings. The fourth-order valence-electron chi connectivity index (χ4n) is 0.983. The van der Waals surface area contributed by atoms with E-state index in [1.807, 2.05) is 33.2 Å². The van der Waals surface area contributed by atoms with Gasteiger partial charge in [0.15, 0.2) is 0 Å². The summed E-state index contributed by atoms with van der Waals surface area (Å²) in [6.45, 7) is 4.00. The van der Waals surface area contributed by atoms with E-state index in [0.29, 0.717) is 0 Å². The Morgan fingerprint density at radius 2 is 1.93 bits per heavy atom. The molecule has 0 spiro atoms. The van der Waals surface area contributed by atoms with Gasteiger partial charge in [-0.25, -0.2) is 0 Å². The van der Waals surface area contributed by atoms with Crippen LogP contribution in [-0.4, -0.2) is 19.7 Å². The van der Waals surface area contributed by atoms with Crippen molar-refractivity contribution in [1.29, 1.82) is 0 Å². The van der Waals surface area contributed by atoms with Crippen molar-refractivity contribution in [2.24, 2.45) is 7.05 Å². The second-order valence-electron chi connectivity index (χ2n) is 2.47. The normalized spacial score (nSPS) is 9.07. The van der Waals surface area contributed by atoms with Crippen LogP contribution < -0.4 is 0 Å². The van der Waals surface area contributed by atoms with Crippen molar-refractivity contribution in [3.05, 3.63) is 30.9 Å². The number of aromatic nitrogens is 4. The maximum Gasteiger partial charge on any atom is 0.112 e. The Balaban J connectivity index is 0.000000461. The van der Waals surface area contributed by atoms with Gasteiger partial charge in [0.05, 0.1) is 6.20 Å². The molecule has 0 unspecified atom stereocenters. The van der Waals surface area contributed by atoms with E-state index < -0.39 is 0 Å². The third kappa shape index (κ3) is 2.39. The van der Waals surface area contributed by atoms with Crippen LogP contribution in [0.1, 0.15) is 13.8 Å². The topological polar surface area (TPSA) is 43.6 Å². The largest absolute Gasteiger partial charge is 0.275 e. The van der Waals surface area contributed by atoms with E-state index in [-0.39, 0.29) is 0 Å². The molecule has 2 aromatic rings. The summed E-state index contributed by atoms with van der Waals surface area (Å²) in [5, 5.41) is 4.20. The molecule has 0 saturated carbocycles. The van der Waals surface area contributed by atoms with E-state index in [1.54, 1.807) is 23.3 Å². The minimum atomic E-state index is 0.804. The highest BCUT2D eigenvalue weighted by atomic mass is 15.2. The number of aryl methyl sites for hydroxylation is 1. The van der Waals surface area contributed by atoms with Crippen LogP contribution in [0, 0.1) is 0 Å². The molecule has 4 nitrogen and oxygen atoms in total. The van der Waals surface area contributed by atoms with Gasteiger partial charge in [0.1, 0.15) is 11.4 Å². The van der Waals surface area contributed by atoms with Crippen LogP contribution in [0.25, 0.3) is 11.4 Å². The van der Waals surface area contributed by atoms with Gasteiger partial charge in [0, 0.05) is 25.6 Å². The molecule has 2 aromatic heterocycles. The van der Waals surface area contributed by atoms with E-state index in [4.69, 9.17) is 0 Å². The standard InChI is InChI=1S/C8H8N4.C2H6/c1-12-5-2-7(11-12)8-6-9-3-4-10-8;1-2/h2-6H,1H3;1-2H3. The fraction of sp³-hybridized carbons (Fsp3) is 0.300. The second-order valence-corrected chi connectivity index (χ2v) is 2.47. The summed E-state index contributed by atoms with van der Waals surface area (Å²) >= 11 is 0. The first kappa shape index (κ1) is 10.4. The van der Waals surface area contributed by atoms with E-state index in [1.165, 1.54) is 0 Å². The van der Waals surface area contributed by atoms with E-state index in [9.17, 15) is 0 Å². The molecule has 74 valence electrons. The van der Waals surface area contributed by atoms with Gasteiger partial charge in [0.2, 0.25) is 0 Å². The molecule has 14 heavy (non-hydrogen) atoms. The highest BCUT2D eigenvalue weighted by molar-refractivity contribution is 5.51. The van der Waals surface area contributed by atoms with Gasteiger partial charge >= 0.3 is 0 Å². The molecule has 0 radical (unpaired) electrons. The van der Waals surface area contributed by atoms with E-state index >= 15 is 0 Å². The van der Waals surface area contributed by atoms with Crippen LogP contribution in [0.5, 0.6) is 0 Å². The monoisotopic (exact) mass is 190 g/mol. The lowest BCUT2D eigenvalue weighted by Crippen LogP contribution is -1.89. The molecule has 0 saturated heterocycles. The van der Waals surface area contributed by atoms with Crippen molar-refractivity contribution < 1.29 is 0 Å². The molecule has 2 rings (SSSR count). The van der Waals surface area contributed by atoms with Crippen LogP contribution in [-0.2, 0) is 7.05 Å². The van der Waals surface area contributed by atoms with Gasteiger partial charge in [-0.3, -0.25) is 14.6 Å². The molecule has 0 aliphatic heterocycles. The van der Waals surface area contributed by atoms with Crippen molar-refractivity contribution in [3.63, 3.8) is 0 Å². The van der Waals surface area contributed by atoms with Crippen LogP contribution in [0.3, 0.4) is 0 Å². The molecule has 2 heterocycles. The first-order chi connectivity index (χ1) is 6.86. The lowest BCUT2D eigenvalue weighted by molar-refractivity contribution is 0.769. The summed E-state index contributed by atoms with van der Waals surface area (Å²) in [5.41, 5.74) is 1.66. The molecule has 0 atom stereocenters. The SMILES string of the molecule is CC.Cn1ccc(-c2cnccn2)n1. The lowest BCUT2D eigenvalue weighted by Gasteiger charge is -1.91. The molecular weight excluding hydrogens is 176 g/mol. The van der Waals surface area contributed by atoms with Crippen LogP contribution >= 0.6 is 0 Å². The van der Waals surface area contributed by atoms with Crippen molar-refractivity contribution in [1.82, 2.24) is 19.7 Å². The number of nitrogens with zero attached hydrogens (tertiary/aromatic N) is 4. The zero-order valence-electron chi connectivity index (χ0n) is 8.68. The maximum absolute atomic E-state index is 4.20. The molecule has 0 bridgehead atoms. The highest BCUT2D eigenvalue weighted by Gasteiger charge is 2.00. The summed E-state index contributed by atoms with van der Waals surface area (Å²) in [5.74, 6) is 0. The highest BCUT2D eigenvalue weighted by Crippen LogP contribution is 2.10. The minimum absolute atomic E-state index is 0.804. The Morgan fingerprint density at radius 1 is 1.14 bits per heavy atom. The molecule has 0 amide bonds. The van der Waals surface area contributed by atoms with Crippen molar-refractivity contribution in [3.8, 4) is 11.4 Å². The zero-order chi connectivity index (χ0) is 10.4. The fourth-order valence-corrected chi connectivity index (χ4v) is 0.983. The Labute approximate surface area is 83.6 Å². The maximum atomic E-state index is 4.20. The molecule has 0 aliphatic rings. The van der Waals surface area contributed by atoms with Crippen LogP contribution in [0.4, 0.5) is 0 Å². The number of hydrogen-bond donors (Lipinski definition) is 0. The van der Waals surface area contributed by atoms with Crippen molar-refractivity contribution in [2.45, 2.75) is 13.8 Å². The third-order valence-corrected chi connectivity index (χ3v) is 1.54. The minimum Gasteiger partial charge on any atom is -0.275 e. The van der Waals surface area contributed by atoms with Crippen molar-refractivity contribution >= 4 is 0 Å². The smallest absolute Gasteiger partial charge is 0.112 e. The van der Waals surface area contributed by atoms with Crippen molar-refractivity contribution in [2.75, 3.05) is 0 Å². The molecule has 0 N–H and O–H groups in total. The average molecular weight is 190 g/mol. The summed E-state index contributed by atoms with van der Waals surface area (Å²) in [4.78, 5) is 8.08. The number of hydrogen-bond acceptors (Lipinski definition) is 3. The molecule has 0 aromatic carbocycles. The first-order valence-electron chi connectivity index (χ1n) is 4.62. The van der Waals surface area contributed by atoms with Gasteiger partial charge in [-0.15, -0.1) is 0 Å². The number of rotatable bonds is 1. The summed E-state index contributed by atoms with van der Waals surface area (Å²) < 4.78 is 1.74. The van der Waals surface area contributed by atoms with Gasteiger partial charge in [-0.2, -0.15) is 5.10 Å². The Kier molecular flexibility index (Phi) is 3.79. The molecule has 0 aliphatic carbocycles. The predicted octanol–water partition coefficient (Wildman–Crippen LogP) is 1.90. The quantitative estimate of drug-likeness (QED) is 0.689. The molecular formula is C10H14N4. The van der Waals surface area contributed by atoms with Crippen LogP contribution in [0.2, 0.25) is 0 Å². The Bertz CT molecular complexity index is 367. The van der Waals surface area contributed by atoms with Gasteiger partial charge in [-0.1, -0.05) is 13.8 Å². The second kappa shape index (κ2) is 5.11.